The zero-order valence-corrected chi connectivity index (χ0v) is 16.2. The molecule has 1 amide bonds. The lowest BCUT2D eigenvalue weighted by molar-refractivity contribution is -0.136. The van der Waals surface area contributed by atoms with Crippen LogP contribution < -0.4 is 5.32 Å². The number of nitrogens with zero attached hydrogens (tertiary/aromatic N) is 1. The van der Waals surface area contributed by atoms with Crippen LogP contribution in [0.15, 0.2) is 53.4 Å². The molecule has 0 aliphatic rings. The number of aliphatic carboxylic acids is 1. The first-order valence-corrected chi connectivity index (χ1v) is 9.76. The second kappa shape index (κ2) is 8.32. The van der Waals surface area contributed by atoms with Gasteiger partial charge in [-0.25, -0.2) is 8.42 Å². The fraction of sp³-hybridized carbons (Fsp3) is 0.263. The van der Waals surface area contributed by atoms with Gasteiger partial charge >= 0.3 is 5.97 Å². The van der Waals surface area contributed by atoms with Crippen LogP contribution in [0.25, 0.3) is 0 Å². The molecule has 0 aliphatic heterocycles. The number of carboxylic acids is 1. The van der Waals surface area contributed by atoms with Crippen molar-refractivity contribution in [3.05, 3.63) is 59.7 Å². The summed E-state index contributed by atoms with van der Waals surface area (Å²) >= 11 is 0. The van der Waals surface area contributed by atoms with Crippen molar-refractivity contribution in [3.8, 4) is 0 Å². The smallest absolute Gasteiger partial charge is 0.307 e. The normalized spacial score (nSPS) is 11.6. The highest BCUT2D eigenvalue weighted by Gasteiger charge is 2.23. The first-order chi connectivity index (χ1) is 12.6. The molecule has 0 bridgehead atoms. The molecular weight excluding hydrogens is 368 g/mol. The van der Waals surface area contributed by atoms with E-state index >= 15 is 0 Å². The van der Waals surface area contributed by atoms with Gasteiger partial charge in [0.2, 0.25) is 10.0 Å². The monoisotopic (exact) mass is 390 g/mol. The van der Waals surface area contributed by atoms with Gasteiger partial charge in [0.05, 0.1) is 11.3 Å². The maximum absolute atomic E-state index is 12.5. The molecule has 0 atom stereocenters. The highest BCUT2D eigenvalue weighted by molar-refractivity contribution is 7.89. The van der Waals surface area contributed by atoms with Crippen LogP contribution in [0.5, 0.6) is 0 Å². The number of rotatable bonds is 7. The molecule has 2 N–H and O–H groups in total. The molecule has 0 unspecified atom stereocenters. The Morgan fingerprint density at radius 3 is 2.22 bits per heavy atom. The van der Waals surface area contributed by atoms with E-state index in [9.17, 15) is 18.0 Å². The van der Waals surface area contributed by atoms with Crippen LogP contribution in [0.4, 0.5) is 5.69 Å². The molecule has 0 radical (unpaired) electrons. The maximum Gasteiger partial charge on any atom is 0.307 e. The number of sulfonamides is 1. The van der Waals surface area contributed by atoms with Gasteiger partial charge < -0.3 is 10.4 Å². The van der Waals surface area contributed by atoms with Crippen LogP contribution in [0.2, 0.25) is 0 Å². The molecule has 0 heterocycles. The lowest BCUT2D eigenvalue weighted by Gasteiger charge is -2.21. The van der Waals surface area contributed by atoms with E-state index in [0.29, 0.717) is 11.3 Å². The number of hydrogen-bond acceptors (Lipinski definition) is 4. The first-order valence-electron chi connectivity index (χ1n) is 8.32. The molecule has 0 saturated carbocycles. The molecule has 27 heavy (non-hydrogen) atoms. The number of carbonyl (C=O) groups is 2. The largest absolute Gasteiger partial charge is 0.481 e. The summed E-state index contributed by atoms with van der Waals surface area (Å²) in [5, 5.41) is 11.6. The Bertz CT molecular complexity index is 937. The highest BCUT2D eigenvalue weighted by Crippen LogP contribution is 2.19. The molecule has 0 aromatic heterocycles. The Balaban J connectivity index is 2.21. The van der Waals surface area contributed by atoms with Gasteiger partial charge in [-0.15, -0.1) is 0 Å². The average Bonchev–Trinajstić information content (AvgIpc) is 2.62. The molecule has 8 heteroatoms. The quantitative estimate of drug-likeness (QED) is 0.756. The Labute approximate surface area is 158 Å². The van der Waals surface area contributed by atoms with Crippen molar-refractivity contribution in [2.45, 2.75) is 31.2 Å². The van der Waals surface area contributed by atoms with Crippen molar-refractivity contribution in [2.24, 2.45) is 0 Å². The summed E-state index contributed by atoms with van der Waals surface area (Å²) in [6.07, 6.45) is -0.213. The number of anilines is 1. The van der Waals surface area contributed by atoms with Crippen LogP contribution in [0.3, 0.4) is 0 Å². The molecule has 0 saturated heterocycles. The van der Waals surface area contributed by atoms with Gasteiger partial charge in [-0.1, -0.05) is 18.2 Å². The molecule has 2 aromatic carbocycles. The molecule has 0 fully saturated rings. The van der Waals surface area contributed by atoms with Crippen LogP contribution in [-0.4, -0.2) is 42.8 Å². The Morgan fingerprint density at radius 1 is 1.07 bits per heavy atom. The topological polar surface area (TPSA) is 104 Å². The van der Waals surface area contributed by atoms with Gasteiger partial charge in [0.15, 0.2) is 0 Å². The van der Waals surface area contributed by atoms with E-state index in [0.717, 1.165) is 0 Å². The highest BCUT2D eigenvalue weighted by atomic mass is 32.2. The van der Waals surface area contributed by atoms with E-state index in [1.54, 1.807) is 38.1 Å². The molecule has 7 nitrogen and oxygen atoms in total. The summed E-state index contributed by atoms with van der Waals surface area (Å²) in [5.74, 6) is -1.45. The van der Waals surface area contributed by atoms with Crippen LogP contribution in [-0.2, 0) is 21.2 Å². The Kier molecular flexibility index (Phi) is 6.35. The van der Waals surface area contributed by atoms with Gasteiger partial charge in [0.25, 0.3) is 5.91 Å². The SMILES string of the molecule is CC(C)N(C)S(=O)(=O)c1ccc(C(=O)Nc2ccccc2CC(=O)O)cc1. The third-order valence-corrected chi connectivity index (χ3v) is 6.18. The van der Waals surface area contributed by atoms with Crippen LogP contribution in [0, 0.1) is 0 Å². The van der Waals surface area contributed by atoms with Crippen LogP contribution >= 0.6 is 0 Å². The van der Waals surface area contributed by atoms with Crippen LogP contribution in [0.1, 0.15) is 29.8 Å². The molecular formula is C19H22N2O5S. The van der Waals surface area contributed by atoms with Gasteiger partial charge in [0.1, 0.15) is 0 Å². The number of hydrogen-bond donors (Lipinski definition) is 2. The molecule has 144 valence electrons. The zero-order chi connectivity index (χ0) is 20.2. The van der Waals surface area contributed by atoms with Gasteiger partial charge in [-0.05, 0) is 49.7 Å². The van der Waals surface area contributed by atoms with Gasteiger partial charge in [0, 0.05) is 24.3 Å². The summed E-state index contributed by atoms with van der Waals surface area (Å²) < 4.78 is 26.2. The zero-order valence-electron chi connectivity index (χ0n) is 15.3. The van der Waals surface area contributed by atoms with Crippen molar-refractivity contribution in [1.29, 1.82) is 0 Å². The number of carboxylic acid groups (broad SMARTS) is 1. The lowest BCUT2D eigenvalue weighted by Crippen LogP contribution is -2.33. The van der Waals surface area contributed by atoms with Crippen molar-refractivity contribution in [2.75, 3.05) is 12.4 Å². The third kappa shape index (κ3) is 4.93. The first kappa shape index (κ1) is 20.6. The van der Waals surface area contributed by atoms with E-state index in [-0.39, 0.29) is 22.9 Å². The predicted octanol–water partition coefficient (Wildman–Crippen LogP) is 2.59. The van der Waals surface area contributed by atoms with E-state index < -0.39 is 21.9 Å². The summed E-state index contributed by atoms with van der Waals surface area (Å²) in [5.41, 5.74) is 1.16. The number of amides is 1. The second-order valence-electron chi connectivity index (χ2n) is 6.32. The predicted molar refractivity (Wildman–Crippen MR) is 102 cm³/mol. The summed E-state index contributed by atoms with van der Waals surface area (Å²) in [4.78, 5) is 23.5. The standard InChI is InChI=1S/C19H22N2O5S/c1-13(2)21(3)27(25,26)16-10-8-14(9-11-16)19(24)20-17-7-5-4-6-15(17)12-18(22)23/h4-11,13H,12H2,1-3H3,(H,20,24)(H,22,23). The Morgan fingerprint density at radius 2 is 1.67 bits per heavy atom. The number of benzene rings is 2. The second-order valence-corrected chi connectivity index (χ2v) is 8.32. The van der Waals surface area contributed by atoms with Gasteiger partial charge in [-0.2, -0.15) is 4.31 Å². The molecule has 0 aliphatic carbocycles. The van der Waals surface area contributed by atoms with Crippen molar-refractivity contribution >= 4 is 27.6 Å². The number of nitrogens with one attached hydrogen (secondary N) is 1. The lowest BCUT2D eigenvalue weighted by atomic mass is 10.1. The molecule has 0 spiro atoms. The molecule has 2 aromatic rings. The molecule has 2 rings (SSSR count). The summed E-state index contributed by atoms with van der Waals surface area (Å²) in [6, 6.07) is 12.1. The average molecular weight is 390 g/mol. The van der Waals surface area contributed by atoms with Crippen molar-refractivity contribution in [3.63, 3.8) is 0 Å². The maximum atomic E-state index is 12.5. The minimum atomic E-state index is -3.62. The fourth-order valence-corrected chi connectivity index (χ4v) is 3.74. The van der Waals surface area contributed by atoms with Crippen molar-refractivity contribution in [1.82, 2.24) is 4.31 Å². The number of carbonyl (C=O) groups excluding carboxylic acids is 1. The van der Waals surface area contributed by atoms with E-state index in [1.165, 1.54) is 35.6 Å². The van der Waals surface area contributed by atoms with E-state index in [2.05, 4.69) is 5.32 Å². The summed E-state index contributed by atoms with van der Waals surface area (Å²) in [7, 11) is -2.12. The summed E-state index contributed by atoms with van der Waals surface area (Å²) in [6.45, 7) is 3.54. The Hall–Kier alpha value is -2.71. The van der Waals surface area contributed by atoms with E-state index in [4.69, 9.17) is 5.11 Å². The number of para-hydroxylation sites is 1. The minimum Gasteiger partial charge on any atom is -0.481 e. The van der Waals surface area contributed by atoms with E-state index in [1.807, 2.05) is 0 Å². The van der Waals surface area contributed by atoms with Crippen molar-refractivity contribution < 1.29 is 23.1 Å². The third-order valence-electron chi connectivity index (χ3n) is 4.13. The fourth-order valence-electron chi connectivity index (χ4n) is 2.38. The minimum absolute atomic E-state index is 0.0986. The van der Waals surface area contributed by atoms with Gasteiger partial charge in [-0.3, -0.25) is 9.59 Å².